The zero-order valence-corrected chi connectivity index (χ0v) is 15.7. The third-order valence-corrected chi connectivity index (χ3v) is 1.99. The quantitative estimate of drug-likeness (QED) is 0.416. The van der Waals surface area contributed by atoms with E-state index in [9.17, 15) is 4.79 Å². The third-order valence-electron chi connectivity index (χ3n) is 1.54. The molecule has 0 saturated heterocycles. The molecule has 1 rings (SSSR count). The Morgan fingerprint density at radius 3 is 2.65 bits per heavy atom. The molecule has 0 saturated carbocycles. The molecule has 0 spiro atoms. The molecule has 0 fully saturated rings. The minimum Gasteiger partial charge on any atom is -0.467 e. The summed E-state index contributed by atoms with van der Waals surface area (Å²) in [6, 6.07) is 7.88. The van der Waals surface area contributed by atoms with Crippen LogP contribution in [0.3, 0.4) is 0 Å². The second-order valence-corrected chi connectivity index (χ2v) is 3.52. The molecule has 0 atom stereocenters. The number of allylic oxidation sites excluding steroid dienone is 1. The van der Waals surface area contributed by atoms with Crippen molar-refractivity contribution < 1.29 is 50.8 Å². The van der Waals surface area contributed by atoms with Gasteiger partial charge in [-0.15, -0.1) is 22.0 Å². The molecule has 0 aromatic heterocycles. The van der Waals surface area contributed by atoms with Gasteiger partial charge in [0.05, 0.1) is 0 Å². The smallest absolute Gasteiger partial charge is 0.281 e. The van der Waals surface area contributed by atoms with Crippen LogP contribution in [0.2, 0.25) is 0 Å². The summed E-state index contributed by atoms with van der Waals surface area (Å²) in [6.45, 7) is 6.18. The normalized spacial score (nSPS) is 8.94. The van der Waals surface area contributed by atoms with E-state index in [2.05, 4.69) is 22.0 Å². The van der Waals surface area contributed by atoms with E-state index >= 15 is 0 Å². The average Bonchev–Trinajstić information content (AvgIpc) is 2.32. The van der Waals surface area contributed by atoms with E-state index in [0.717, 1.165) is 4.47 Å². The van der Waals surface area contributed by atoms with E-state index in [1.165, 1.54) is 0 Å². The minimum absolute atomic E-state index is 0. The van der Waals surface area contributed by atoms with Gasteiger partial charge in [-0.2, -0.15) is 18.2 Å². The summed E-state index contributed by atoms with van der Waals surface area (Å²) in [5.41, 5.74) is 0.504. The van der Waals surface area contributed by atoms with Crippen LogP contribution in [-0.4, -0.2) is 12.6 Å². The van der Waals surface area contributed by atoms with Crippen molar-refractivity contribution in [1.29, 1.82) is 0 Å². The minimum atomic E-state index is -0.333. The van der Waals surface area contributed by atoms with Gasteiger partial charge in [-0.25, -0.2) is 0 Å². The number of hydrogen-bond acceptors (Lipinski definition) is 2. The SMILES string of the molecule is C/C=C\COC(=O)c1c[c-]cc(Br)c1.CC.[Pr]. The van der Waals surface area contributed by atoms with Crippen LogP contribution in [0.25, 0.3) is 0 Å². The summed E-state index contributed by atoms with van der Waals surface area (Å²) >= 11 is 3.26. The van der Waals surface area contributed by atoms with E-state index in [-0.39, 0.29) is 47.3 Å². The second kappa shape index (κ2) is 12.7. The van der Waals surface area contributed by atoms with E-state index in [4.69, 9.17) is 4.74 Å². The van der Waals surface area contributed by atoms with E-state index in [1.54, 1.807) is 24.3 Å². The van der Waals surface area contributed by atoms with Crippen LogP contribution in [0.1, 0.15) is 31.1 Å². The number of benzene rings is 1. The van der Waals surface area contributed by atoms with Gasteiger partial charge in [0.15, 0.2) is 0 Å². The Morgan fingerprint density at radius 1 is 1.47 bits per heavy atom. The first-order valence-electron chi connectivity index (χ1n) is 5.19. The van der Waals surface area contributed by atoms with Crippen LogP contribution >= 0.6 is 15.9 Å². The predicted octanol–water partition coefficient (Wildman–Crippen LogP) is 4.01. The summed E-state index contributed by atoms with van der Waals surface area (Å²) in [5.74, 6) is -0.333. The van der Waals surface area contributed by atoms with Crippen molar-refractivity contribution in [2.75, 3.05) is 6.61 Å². The van der Waals surface area contributed by atoms with E-state index in [0.29, 0.717) is 12.2 Å². The van der Waals surface area contributed by atoms with E-state index in [1.807, 2.05) is 26.8 Å². The van der Waals surface area contributed by atoms with Crippen LogP contribution in [-0.2, 0) is 4.74 Å². The molecule has 0 aliphatic heterocycles. The Balaban J connectivity index is 0. The maximum absolute atomic E-state index is 11.4. The summed E-state index contributed by atoms with van der Waals surface area (Å²) in [7, 11) is 0. The van der Waals surface area contributed by atoms with Gasteiger partial charge in [0.1, 0.15) is 6.61 Å². The molecule has 0 N–H and O–H groups in total. The fraction of sp³-hybridized carbons (Fsp3) is 0.308. The summed E-state index contributed by atoms with van der Waals surface area (Å²) in [4.78, 5) is 11.4. The molecule has 91 valence electrons. The van der Waals surface area contributed by atoms with Crippen LogP contribution in [0, 0.1) is 47.4 Å². The van der Waals surface area contributed by atoms with Gasteiger partial charge >= 0.3 is 0 Å². The van der Waals surface area contributed by atoms with Gasteiger partial charge in [0, 0.05) is 41.3 Å². The zero-order chi connectivity index (χ0) is 12.4. The number of halogens is 1. The molecule has 0 aliphatic carbocycles. The topological polar surface area (TPSA) is 26.3 Å². The average molecular weight is 425 g/mol. The summed E-state index contributed by atoms with van der Waals surface area (Å²) in [5, 5.41) is 0. The molecule has 17 heavy (non-hydrogen) atoms. The summed E-state index contributed by atoms with van der Waals surface area (Å²) in [6.07, 6.45) is 3.61. The fourth-order valence-electron chi connectivity index (χ4n) is 0.864. The first kappa shape index (κ1) is 19.6. The maximum atomic E-state index is 11.4. The Bertz CT molecular complexity index is 351. The van der Waals surface area contributed by atoms with E-state index < -0.39 is 0 Å². The van der Waals surface area contributed by atoms with Crippen molar-refractivity contribution in [1.82, 2.24) is 0 Å². The van der Waals surface area contributed by atoms with Crippen molar-refractivity contribution in [2.24, 2.45) is 0 Å². The van der Waals surface area contributed by atoms with Crippen molar-refractivity contribution in [2.45, 2.75) is 20.8 Å². The number of carbonyl (C=O) groups excluding carboxylic acids is 1. The molecule has 0 unspecified atom stereocenters. The molecule has 4 heteroatoms. The predicted molar refractivity (Wildman–Crippen MR) is 69.4 cm³/mol. The van der Waals surface area contributed by atoms with Crippen LogP contribution in [0.15, 0.2) is 34.8 Å². The first-order chi connectivity index (χ1) is 7.74. The van der Waals surface area contributed by atoms with Gasteiger partial charge in [-0.1, -0.05) is 30.5 Å². The van der Waals surface area contributed by atoms with Gasteiger partial charge in [-0.3, -0.25) is 4.79 Å². The second-order valence-electron chi connectivity index (χ2n) is 2.61. The van der Waals surface area contributed by atoms with Crippen molar-refractivity contribution in [3.8, 4) is 0 Å². The van der Waals surface area contributed by atoms with Crippen LogP contribution in [0.4, 0.5) is 0 Å². The van der Waals surface area contributed by atoms with Crippen molar-refractivity contribution in [3.63, 3.8) is 0 Å². The number of rotatable bonds is 3. The number of esters is 1. The van der Waals surface area contributed by atoms with Crippen LogP contribution in [0.5, 0.6) is 0 Å². The van der Waals surface area contributed by atoms with Gasteiger partial charge in [0.25, 0.3) is 5.97 Å². The molecule has 1 radical (unpaired) electrons. The standard InChI is InChI=1S/C11H10BrO2.C2H6.Pr/c1-2-3-7-14-11(13)9-5-4-6-10(12)8-9;1-2;/h2-3,5-6,8H,7H2,1H3;1-2H3;/q-1;;/b3-2-;;. The molecular weight excluding hydrogens is 409 g/mol. The monoisotopic (exact) mass is 424 g/mol. The fourth-order valence-corrected chi connectivity index (χ4v) is 1.24. The Labute approximate surface area is 145 Å². The molecule has 0 heterocycles. The largest absolute Gasteiger partial charge is 0.467 e. The molecule has 1 aromatic rings. The van der Waals surface area contributed by atoms with Gasteiger partial charge in [0.2, 0.25) is 0 Å². The zero-order valence-electron chi connectivity index (χ0n) is 10.4. The van der Waals surface area contributed by atoms with Crippen molar-refractivity contribution >= 4 is 21.9 Å². The molecule has 0 aliphatic rings. The number of ether oxygens (including phenoxy) is 1. The molecule has 2 nitrogen and oxygen atoms in total. The van der Waals surface area contributed by atoms with Crippen LogP contribution < -0.4 is 0 Å². The molecule has 1 aromatic carbocycles. The van der Waals surface area contributed by atoms with Crippen molar-refractivity contribution in [3.05, 3.63) is 46.5 Å². The third kappa shape index (κ3) is 8.93. The Hall–Kier alpha value is 0.274. The molecule has 0 bridgehead atoms. The Kier molecular flexibility index (Phi) is 14.7. The van der Waals surface area contributed by atoms with Gasteiger partial charge in [-0.05, 0) is 12.5 Å². The maximum Gasteiger partial charge on any atom is 0.281 e. The van der Waals surface area contributed by atoms with Gasteiger partial charge < -0.3 is 4.74 Å². The molecular formula is C13H16BrO2Pr-. The first-order valence-corrected chi connectivity index (χ1v) is 5.98. The molecule has 0 amide bonds. The number of hydrogen-bond donors (Lipinski definition) is 0. The number of carbonyl (C=O) groups is 1. The Morgan fingerprint density at radius 2 is 2.12 bits per heavy atom. The summed E-state index contributed by atoms with van der Waals surface area (Å²) < 4.78 is 5.77.